The minimum atomic E-state index is -3.36. The highest BCUT2D eigenvalue weighted by molar-refractivity contribution is 4.71. The molecule has 1 nitrogen and oxygen atoms in total. The van der Waals surface area contributed by atoms with Gasteiger partial charge in [-0.1, -0.05) is 0 Å². The number of hydrogen-bond acceptors (Lipinski definition) is 1. The first-order chi connectivity index (χ1) is 4.65. The Morgan fingerprint density at radius 1 is 2.40 bits per heavy atom. The molecule has 1 fully saturated rings. The number of halogens is 1. The molecule has 1 N–H and O–H groups in total. The summed E-state index contributed by atoms with van der Waals surface area (Å²) in [4.78, 5) is 0. The summed E-state index contributed by atoms with van der Waals surface area (Å²) >= 11 is 0. The van der Waals surface area contributed by atoms with E-state index in [1.165, 1.54) is 0 Å². The third kappa shape index (κ3) is 0.401. The Labute approximate surface area is 38.7 Å². The molecule has 1 rings (SSSR count). The Morgan fingerprint density at radius 3 is 3.20 bits per heavy atom. The van der Waals surface area contributed by atoms with Crippen molar-refractivity contribution in [2.45, 2.75) is 6.15 Å². The maximum absolute atomic E-state index is 12.8. The van der Waals surface area contributed by atoms with E-state index < -0.39 is 19.1 Å². The summed E-state index contributed by atoms with van der Waals surface area (Å²) < 4.78 is 53.0. The van der Waals surface area contributed by atoms with E-state index in [-0.39, 0.29) is 5.31 Å². The van der Waals surface area contributed by atoms with Crippen molar-refractivity contribution in [1.29, 1.82) is 0 Å². The quantitative estimate of drug-likeness (QED) is 0.430. The van der Waals surface area contributed by atoms with Crippen LogP contribution in [-0.4, -0.2) is 19.1 Å². The van der Waals surface area contributed by atoms with E-state index in [1.807, 2.05) is 0 Å². The Morgan fingerprint density at radius 2 is 3.00 bits per heavy atom. The van der Waals surface area contributed by atoms with Gasteiger partial charge in [0.25, 0.3) is 0 Å². The summed E-state index contributed by atoms with van der Waals surface area (Å²) in [5.41, 5.74) is 0. The van der Waals surface area contributed by atoms with Crippen LogP contribution in [0.25, 0.3) is 0 Å². The molecule has 5 heavy (non-hydrogen) atoms. The van der Waals surface area contributed by atoms with Crippen LogP contribution in [-0.2, 0) is 0 Å². The Kier molecular flexibility index (Phi) is 0.117. The second kappa shape index (κ2) is 0.937. The second-order valence-electron chi connectivity index (χ2n) is 0.649. The maximum Gasteiger partial charge on any atom is 0.125 e. The first kappa shape index (κ1) is 0.624. The molecular formula is C3H6FN. The lowest BCUT2D eigenvalue weighted by Gasteiger charge is -2.17. The molecule has 1 aliphatic heterocycles. The molecule has 0 unspecified atom stereocenters. The normalized spacial score (nSPS) is 73.8. The van der Waals surface area contributed by atoms with Crippen LogP contribution in [0.1, 0.15) is 6.85 Å². The molecule has 0 saturated carbocycles. The summed E-state index contributed by atoms with van der Waals surface area (Å²) in [6, 6.07) is 0. The van der Waals surface area contributed by atoms with Crippen LogP contribution in [0.3, 0.4) is 0 Å². The predicted molar refractivity (Wildman–Crippen MR) is 17.8 cm³/mol. The summed E-state index contributed by atoms with van der Waals surface area (Å²) in [6.45, 7) is -5.73. The molecule has 0 spiro atoms. The Bertz CT molecular complexity index is 172. The van der Waals surface area contributed by atoms with Gasteiger partial charge in [-0.3, -0.25) is 0 Å². The van der Waals surface area contributed by atoms with E-state index in [4.69, 9.17) is 8.27 Å². The molecular weight excluding hydrogens is 69.0 g/mol. The fourth-order valence-corrected chi connectivity index (χ4v) is 0.0982. The monoisotopic (exact) mass is 81.1 g/mol. The average molecular weight is 81.1 g/mol. The fraction of sp³-hybridized carbons (Fsp3) is 1.00. The highest BCUT2D eigenvalue weighted by Gasteiger charge is 2.12. The Hall–Kier alpha value is -0.110. The molecule has 2 heteroatoms. The van der Waals surface area contributed by atoms with Gasteiger partial charge in [-0.25, -0.2) is 4.39 Å². The van der Waals surface area contributed by atoms with Gasteiger partial charge in [0, 0.05) is 18.5 Å². The highest BCUT2D eigenvalue weighted by Crippen LogP contribution is 1.92. The van der Waals surface area contributed by atoms with Crippen LogP contribution in [0.2, 0.25) is 1.41 Å². The lowest BCUT2D eigenvalue weighted by molar-refractivity contribution is 0.237. The highest BCUT2D eigenvalue weighted by atomic mass is 19.1. The van der Waals surface area contributed by atoms with Crippen LogP contribution < -0.4 is 5.31 Å². The van der Waals surface area contributed by atoms with Crippen LogP contribution in [0, 0.1) is 0 Å². The molecule has 0 atom stereocenters. The third-order valence-corrected chi connectivity index (χ3v) is 0.308. The van der Waals surface area contributed by atoms with Gasteiger partial charge in [-0.15, -0.1) is 0 Å². The van der Waals surface area contributed by atoms with E-state index in [1.54, 1.807) is 0 Å². The lowest BCUT2D eigenvalue weighted by Crippen LogP contribution is -2.43. The van der Waals surface area contributed by atoms with Crippen molar-refractivity contribution in [3.63, 3.8) is 0 Å². The van der Waals surface area contributed by atoms with E-state index in [0.29, 0.717) is 0 Å². The van der Waals surface area contributed by atoms with Crippen molar-refractivity contribution >= 4 is 0 Å². The van der Waals surface area contributed by atoms with Gasteiger partial charge in [0.05, 0.1) is 1.37 Å². The molecule has 0 aromatic rings. The van der Waals surface area contributed by atoms with Gasteiger partial charge in [0.1, 0.15) is 7.56 Å². The van der Waals surface area contributed by atoms with Crippen molar-refractivity contribution in [1.82, 2.24) is 5.31 Å². The topological polar surface area (TPSA) is 12.0 Å². The number of nitrogens with one attached hydrogen (secondary N) is 1. The Balaban J connectivity index is 2.98. The zero-order valence-electron chi connectivity index (χ0n) is 8.33. The zero-order valence-corrected chi connectivity index (χ0v) is 2.33. The maximum atomic E-state index is 12.8. The summed E-state index contributed by atoms with van der Waals surface area (Å²) in [6.07, 6.45) is -3.36. The molecule has 30 valence electrons. The van der Waals surface area contributed by atoms with Gasteiger partial charge in [-0.05, 0) is 0 Å². The van der Waals surface area contributed by atoms with E-state index in [0.717, 1.165) is 0 Å². The largest absolute Gasteiger partial charge is 0.311 e. The minimum Gasteiger partial charge on any atom is -0.311 e. The molecule has 0 radical (unpaired) electrons. The van der Waals surface area contributed by atoms with Crippen molar-refractivity contribution in [3.8, 4) is 0 Å². The fourth-order valence-electron chi connectivity index (χ4n) is 0.0982. The van der Waals surface area contributed by atoms with Crippen LogP contribution in [0.4, 0.5) is 4.39 Å². The molecule has 0 aromatic carbocycles. The summed E-state index contributed by atoms with van der Waals surface area (Å²) in [5.74, 6) is 0. The predicted octanol–water partition coefficient (Wildman–Crippen LogP) is -0.0723. The zero-order chi connectivity index (χ0) is 9.08. The smallest absolute Gasteiger partial charge is 0.125 e. The molecule has 0 aromatic heterocycles. The van der Waals surface area contributed by atoms with E-state index in [9.17, 15) is 4.39 Å². The van der Waals surface area contributed by atoms with E-state index >= 15 is 0 Å². The standard InChI is InChI=1S/C3H6FN/c4-3-1-5-2-3/h3,5H,1-2H2/i1D2,2D2,3D/hD. The summed E-state index contributed by atoms with van der Waals surface area (Å²) in [5, 5.41) is -0.188. The average Bonchev–Trinajstić information content (AvgIpc) is 1.84. The molecule has 1 heterocycles. The molecule has 1 aliphatic rings. The molecule has 0 aliphatic carbocycles. The van der Waals surface area contributed by atoms with Crippen molar-refractivity contribution in [3.05, 3.63) is 0 Å². The number of alkyl halides is 1. The van der Waals surface area contributed by atoms with Gasteiger partial charge in [0.2, 0.25) is 0 Å². The molecule has 0 amide bonds. The van der Waals surface area contributed by atoms with Gasteiger partial charge in [-0.2, -0.15) is 0 Å². The van der Waals surface area contributed by atoms with Crippen molar-refractivity contribution in [2.24, 2.45) is 0 Å². The van der Waals surface area contributed by atoms with E-state index in [2.05, 4.69) is 0 Å². The van der Waals surface area contributed by atoms with Gasteiger partial charge >= 0.3 is 0 Å². The van der Waals surface area contributed by atoms with Crippen molar-refractivity contribution in [2.75, 3.05) is 13.0 Å². The SMILES string of the molecule is [2H]N1C([2H])([2H])C([2H])(F)C1([2H])[2H]. The number of hydrogen-bond donors (Lipinski definition) is 1. The van der Waals surface area contributed by atoms with Crippen LogP contribution >= 0.6 is 0 Å². The second-order valence-corrected chi connectivity index (χ2v) is 0.649. The third-order valence-electron chi connectivity index (χ3n) is 0.308. The minimum absolute atomic E-state index is 0.188. The van der Waals surface area contributed by atoms with Crippen LogP contribution in [0.15, 0.2) is 0 Å². The van der Waals surface area contributed by atoms with Gasteiger partial charge in [0.15, 0.2) is 0 Å². The lowest BCUT2D eigenvalue weighted by atomic mass is 10.3. The van der Waals surface area contributed by atoms with Crippen LogP contribution in [0.5, 0.6) is 0 Å². The van der Waals surface area contributed by atoms with Crippen molar-refractivity contribution < 1.29 is 12.7 Å². The number of rotatable bonds is 0. The summed E-state index contributed by atoms with van der Waals surface area (Å²) in [7, 11) is 0. The molecule has 1 saturated heterocycles. The molecule has 0 bridgehead atoms. The first-order valence-corrected chi connectivity index (χ1v) is 1.14. The van der Waals surface area contributed by atoms with Gasteiger partial charge < -0.3 is 5.31 Å². The first-order valence-electron chi connectivity index (χ1n) is 4.08.